The molecular formula is C14H10Br2F3N. The van der Waals surface area contributed by atoms with E-state index < -0.39 is 11.7 Å². The van der Waals surface area contributed by atoms with Gasteiger partial charge in [-0.05, 0) is 35.9 Å². The molecule has 0 unspecified atom stereocenters. The molecule has 2 aromatic rings. The Balaban J connectivity index is 2.19. The Kier molecular flexibility index (Phi) is 4.75. The summed E-state index contributed by atoms with van der Waals surface area (Å²) in [4.78, 5) is 0. The molecule has 0 aliphatic carbocycles. The molecule has 2 aromatic carbocycles. The average Bonchev–Trinajstić information content (AvgIpc) is 2.38. The molecule has 1 nitrogen and oxygen atoms in total. The summed E-state index contributed by atoms with van der Waals surface area (Å²) in [5.41, 5.74) is 0.303. The molecule has 0 atom stereocenters. The first kappa shape index (κ1) is 15.4. The fourth-order valence-electron chi connectivity index (χ4n) is 1.70. The van der Waals surface area contributed by atoms with Gasteiger partial charge in [-0.3, -0.25) is 0 Å². The summed E-state index contributed by atoms with van der Waals surface area (Å²) in [5, 5.41) is 2.83. The smallest absolute Gasteiger partial charge is 0.380 e. The van der Waals surface area contributed by atoms with Crippen molar-refractivity contribution in [1.29, 1.82) is 0 Å². The van der Waals surface area contributed by atoms with Crippen molar-refractivity contribution >= 4 is 37.5 Å². The van der Waals surface area contributed by atoms with Crippen LogP contribution in [0.5, 0.6) is 0 Å². The minimum Gasteiger partial charge on any atom is -0.380 e. The van der Waals surface area contributed by atoms with Gasteiger partial charge in [0.2, 0.25) is 0 Å². The quantitative estimate of drug-likeness (QED) is 0.672. The Morgan fingerprint density at radius 1 is 0.900 bits per heavy atom. The van der Waals surface area contributed by atoms with E-state index in [-0.39, 0.29) is 5.69 Å². The molecule has 0 saturated carbocycles. The van der Waals surface area contributed by atoms with E-state index in [9.17, 15) is 13.2 Å². The van der Waals surface area contributed by atoms with Crippen molar-refractivity contribution in [3.05, 3.63) is 62.5 Å². The largest absolute Gasteiger partial charge is 0.418 e. The van der Waals surface area contributed by atoms with E-state index in [4.69, 9.17) is 0 Å². The van der Waals surface area contributed by atoms with Crippen LogP contribution in [0.15, 0.2) is 51.4 Å². The van der Waals surface area contributed by atoms with Gasteiger partial charge in [0.1, 0.15) is 0 Å². The lowest BCUT2D eigenvalue weighted by atomic mass is 10.1. The van der Waals surface area contributed by atoms with Crippen LogP contribution in [0.2, 0.25) is 0 Å². The number of rotatable bonds is 3. The minimum absolute atomic E-state index is 0.0728. The van der Waals surface area contributed by atoms with Gasteiger partial charge in [0.15, 0.2) is 0 Å². The van der Waals surface area contributed by atoms with E-state index in [0.717, 1.165) is 16.1 Å². The number of nitrogens with one attached hydrogen (secondary N) is 1. The SMILES string of the molecule is FC(F)(F)c1cc(Br)ccc1NCc1ccc(Br)cc1. The van der Waals surface area contributed by atoms with E-state index in [2.05, 4.69) is 37.2 Å². The highest BCUT2D eigenvalue weighted by molar-refractivity contribution is 9.10. The van der Waals surface area contributed by atoms with E-state index >= 15 is 0 Å². The van der Waals surface area contributed by atoms with Gasteiger partial charge < -0.3 is 5.32 Å². The topological polar surface area (TPSA) is 12.0 Å². The standard InChI is InChI=1S/C14H10Br2F3N/c15-10-3-1-9(2-4-10)8-20-13-6-5-11(16)7-12(13)14(17,18)19/h1-7,20H,8H2. The third-order valence-corrected chi connectivity index (χ3v) is 3.71. The lowest BCUT2D eigenvalue weighted by Gasteiger charge is -2.15. The minimum atomic E-state index is -4.38. The second-order valence-electron chi connectivity index (χ2n) is 4.17. The first-order chi connectivity index (χ1) is 9.36. The number of halogens is 5. The summed E-state index contributed by atoms with van der Waals surface area (Å²) in [5.74, 6) is 0. The number of hydrogen-bond acceptors (Lipinski definition) is 1. The summed E-state index contributed by atoms with van der Waals surface area (Å²) in [6.07, 6.45) is -4.38. The summed E-state index contributed by atoms with van der Waals surface area (Å²) in [6.45, 7) is 0.331. The van der Waals surface area contributed by atoms with Crippen molar-refractivity contribution < 1.29 is 13.2 Å². The Labute approximate surface area is 131 Å². The average molecular weight is 409 g/mol. The summed E-state index contributed by atoms with van der Waals surface area (Å²) >= 11 is 6.37. The van der Waals surface area contributed by atoms with Crippen LogP contribution in [0, 0.1) is 0 Å². The molecule has 2 rings (SSSR count). The first-order valence-corrected chi connectivity index (χ1v) is 7.30. The van der Waals surface area contributed by atoms with Crippen LogP contribution in [0.4, 0.5) is 18.9 Å². The Bertz CT molecular complexity index is 594. The molecule has 0 aromatic heterocycles. The number of hydrogen-bond donors (Lipinski definition) is 1. The van der Waals surface area contributed by atoms with E-state index in [0.29, 0.717) is 11.0 Å². The Morgan fingerprint density at radius 3 is 2.10 bits per heavy atom. The number of alkyl halides is 3. The van der Waals surface area contributed by atoms with Crippen molar-refractivity contribution in [2.75, 3.05) is 5.32 Å². The van der Waals surface area contributed by atoms with Crippen molar-refractivity contribution in [3.63, 3.8) is 0 Å². The molecule has 0 spiro atoms. The summed E-state index contributed by atoms with van der Waals surface area (Å²) < 4.78 is 40.2. The van der Waals surface area contributed by atoms with Crippen molar-refractivity contribution in [2.45, 2.75) is 12.7 Å². The second-order valence-corrected chi connectivity index (χ2v) is 6.00. The fourth-order valence-corrected chi connectivity index (χ4v) is 2.33. The maximum Gasteiger partial charge on any atom is 0.418 e. The van der Waals surface area contributed by atoms with Crippen LogP contribution < -0.4 is 5.32 Å². The molecule has 0 saturated heterocycles. The molecule has 0 aliphatic heterocycles. The maximum atomic E-state index is 12.9. The lowest BCUT2D eigenvalue weighted by molar-refractivity contribution is -0.137. The predicted molar refractivity (Wildman–Crippen MR) is 80.6 cm³/mol. The van der Waals surface area contributed by atoms with E-state index in [1.54, 1.807) is 6.07 Å². The van der Waals surface area contributed by atoms with Crippen LogP contribution >= 0.6 is 31.9 Å². The van der Waals surface area contributed by atoms with Crippen LogP contribution in [-0.2, 0) is 12.7 Å². The summed E-state index contributed by atoms with van der Waals surface area (Å²) in [6, 6.07) is 11.5. The van der Waals surface area contributed by atoms with Gasteiger partial charge in [-0.1, -0.05) is 44.0 Å². The van der Waals surface area contributed by atoms with Gasteiger partial charge in [0.25, 0.3) is 0 Å². The zero-order valence-electron chi connectivity index (χ0n) is 10.1. The van der Waals surface area contributed by atoms with Gasteiger partial charge in [0.05, 0.1) is 5.56 Å². The number of benzene rings is 2. The van der Waals surface area contributed by atoms with E-state index in [1.807, 2.05) is 24.3 Å². The highest BCUT2D eigenvalue weighted by Gasteiger charge is 2.33. The van der Waals surface area contributed by atoms with Crippen LogP contribution in [0.3, 0.4) is 0 Å². The van der Waals surface area contributed by atoms with Crippen molar-refractivity contribution in [3.8, 4) is 0 Å². The fraction of sp³-hybridized carbons (Fsp3) is 0.143. The van der Waals surface area contributed by atoms with Gasteiger partial charge >= 0.3 is 6.18 Å². The molecule has 0 fully saturated rings. The van der Waals surface area contributed by atoms with Crippen molar-refractivity contribution in [2.24, 2.45) is 0 Å². The molecule has 6 heteroatoms. The molecule has 0 bridgehead atoms. The predicted octanol–water partition coefficient (Wildman–Crippen LogP) is 5.84. The molecule has 0 amide bonds. The van der Waals surface area contributed by atoms with Gasteiger partial charge in [-0.25, -0.2) is 0 Å². The van der Waals surface area contributed by atoms with Crippen LogP contribution in [-0.4, -0.2) is 0 Å². The van der Waals surface area contributed by atoms with Gasteiger partial charge in [-0.15, -0.1) is 0 Å². The third kappa shape index (κ3) is 3.99. The maximum absolute atomic E-state index is 12.9. The Morgan fingerprint density at radius 2 is 1.50 bits per heavy atom. The molecule has 106 valence electrons. The second kappa shape index (κ2) is 6.18. The number of anilines is 1. The van der Waals surface area contributed by atoms with Crippen molar-refractivity contribution in [1.82, 2.24) is 0 Å². The molecule has 20 heavy (non-hydrogen) atoms. The summed E-state index contributed by atoms with van der Waals surface area (Å²) in [7, 11) is 0. The monoisotopic (exact) mass is 407 g/mol. The van der Waals surface area contributed by atoms with Crippen LogP contribution in [0.25, 0.3) is 0 Å². The van der Waals surface area contributed by atoms with Gasteiger partial charge in [0, 0.05) is 21.2 Å². The highest BCUT2D eigenvalue weighted by Crippen LogP contribution is 2.36. The molecule has 0 heterocycles. The third-order valence-electron chi connectivity index (χ3n) is 2.68. The Hall–Kier alpha value is -1.01. The molecule has 1 N–H and O–H groups in total. The molecular weight excluding hydrogens is 399 g/mol. The normalized spacial score (nSPS) is 11.4. The van der Waals surface area contributed by atoms with Crippen LogP contribution in [0.1, 0.15) is 11.1 Å². The molecule has 0 radical (unpaired) electrons. The zero-order chi connectivity index (χ0) is 14.8. The van der Waals surface area contributed by atoms with E-state index in [1.165, 1.54) is 6.07 Å². The zero-order valence-corrected chi connectivity index (χ0v) is 13.3. The van der Waals surface area contributed by atoms with Gasteiger partial charge in [-0.2, -0.15) is 13.2 Å². The molecule has 0 aliphatic rings. The highest BCUT2D eigenvalue weighted by atomic mass is 79.9. The lowest BCUT2D eigenvalue weighted by Crippen LogP contribution is -2.10. The first-order valence-electron chi connectivity index (χ1n) is 5.71.